The maximum absolute atomic E-state index is 11.6. The summed E-state index contributed by atoms with van der Waals surface area (Å²) in [6, 6.07) is 13.7. The molecule has 150 valence electrons. The van der Waals surface area contributed by atoms with Crippen LogP contribution in [0.25, 0.3) is 0 Å². The minimum Gasteiger partial charge on any atom is -0.502 e. The van der Waals surface area contributed by atoms with Crippen LogP contribution in [0, 0.1) is 0 Å². The van der Waals surface area contributed by atoms with E-state index in [4.69, 9.17) is 14.2 Å². The van der Waals surface area contributed by atoms with Crippen molar-refractivity contribution in [2.24, 2.45) is 0 Å². The minimum absolute atomic E-state index is 0.00996. The molecule has 1 aliphatic heterocycles. The second kappa shape index (κ2) is 8.97. The van der Waals surface area contributed by atoms with E-state index >= 15 is 0 Å². The molecule has 0 bridgehead atoms. The van der Waals surface area contributed by atoms with Crippen LogP contribution in [0.15, 0.2) is 42.5 Å². The van der Waals surface area contributed by atoms with E-state index in [0.717, 1.165) is 18.4 Å². The van der Waals surface area contributed by atoms with E-state index in [1.54, 1.807) is 12.1 Å². The number of benzene rings is 2. The number of nitrogens with one attached hydrogen (secondary N) is 1. The molecule has 1 saturated heterocycles. The molecule has 6 heteroatoms. The summed E-state index contributed by atoms with van der Waals surface area (Å²) in [5.41, 5.74) is 2.04. The number of aromatic hydroxyl groups is 1. The van der Waals surface area contributed by atoms with Gasteiger partial charge in [0.1, 0.15) is 0 Å². The van der Waals surface area contributed by atoms with E-state index in [-0.39, 0.29) is 29.9 Å². The van der Waals surface area contributed by atoms with E-state index in [1.165, 1.54) is 26.7 Å². The van der Waals surface area contributed by atoms with Crippen molar-refractivity contribution in [2.45, 2.75) is 44.4 Å². The van der Waals surface area contributed by atoms with Crippen LogP contribution in [-0.2, 0) is 16.0 Å². The van der Waals surface area contributed by atoms with Crippen molar-refractivity contribution < 1.29 is 24.1 Å². The normalized spacial score (nSPS) is 21.8. The Labute approximate surface area is 165 Å². The van der Waals surface area contributed by atoms with Crippen molar-refractivity contribution in [3.8, 4) is 17.2 Å². The van der Waals surface area contributed by atoms with Crippen molar-refractivity contribution in [3.63, 3.8) is 0 Å². The van der Waals surface area contributed by atoms with Crippen molar-refractivity contribution >= 4 is 5.91 Å². The number of carbonyl (C=O) groups is 1. The zero-order chi connectivity index (χ0) is 20.1. The number of hydrogen-bond acceptors (Lipinski definition) is 5. The minimum atomic E-state index is -0.247. The second-order valence-corrected chi connectivity index (χ2v) is 7.08. The molecular formula is C22H27NO5. The molecule has 1 aliphatic rings. The van der Waals surface area contributed by atoms with Crippen LogP contribution in [0.3, 0.4) is 0 Å². The molecule has 3 rings (SSSR count). The highest BCUT2D eigenvalue weighted by atomic mass is 16.5. The molecule has 3 atom stereocenters. The third kappa shape index (κ3) is 4.75. The number of rotatable bonds is 6. The van der Waals surface area contributed by atoms with Gasteiger partial charge in [-0.25, -0.2) is 0 Å². The standard InChI is InChI=1S/C22H27NO5/c1-14(24)23-17-12-18(9-15-7-5-4-6-8-15)28-19(13-17)16-10-20(26-2)22(25)21(11-16)27-3/h4-8,10-11,17-19,25H,9,12-13H2,1-3H3,(H,23,24)/t17-,18+,19+/m1/s1. The van der Waals surface area contributed by atoms with Gasteiger partial charge in [0.15, 0.2) is 11.5 Å². The summed E-state index contributed by atoms with van der Waals surface area (Å²) >= 11 is 0. The van der Waals surface area contributed by atoms with Gasteiger partial charge in [0, 0.05) is 13.0 Å². The summed E-state index contributed by atoms with van der Waals surface area (Å²) in [7, 11) is 3.00. The third-order valence-corrected chi connectivity index (χ3v) is 4.99. The molecule has 0 radical (unpaired) electrons. The first-order valence-corrected chi connectivity index (χ1v) is 9.41. The average Bonchev–Trinajstić information content (AvgIpc) is 2.68. The Morgan fingerprint density at radius 3 is 2.36 bits per heavy atom. The average molecular weight is 385 g/mol. The van der Waals surface area contributed by atoms with Crippen molar-refractivity contribution in [1.29, 1.82) is 0 Å². The quantitative estimate of drug-likeness (QED) is 0.797. The number of hydrogen-bond donors (Lipinski definition) is 2. The molecule has 0 aromatic heterocycles. The largest absolute Gasteiger partial charge is 0.502 e. The monoisotopic (exact) mass is 385 g/mol. The summed E-state index contributed by atoms with van der Waals surface area (Å²) < 4.78 is 16.9. The maximum Gasteiger partial charge on any atom is 0.217 e. The van der Waals surface area contributed by atoms with Gasteiger partial charge < -0.3 is 24.6 Å². The van der Waals surface area contributed by atoms with E-state index in [1.807, 2.05) is 18.2 Å². The van der Waals surface area contributed by atoms with Crippen molar-refractivity contribution in [3.05, 3.63) is 53.6 Å². The van der Waals surface area contributed by atoms with Crippen LogP contribution < -0.4 is 14.8 Å². The van der Waals surface area contributed by atoms with Crippen LogP contribution in [0.1, 0.15) is 37.0 Å². The van der Waals surface area contributed by atoms with Crippen LogP contribution >= 0.6 is 0 Å². The number of phenols is 1. The molecule has 0 unspecified atom stereocenters. The van der Waals surface area contributed by atoms with Gasteiger partial charge in [-0.05, 0) is 42.5 Å². The van der Waals surface area contributed by atoms with Gasteiger partial charge >= 0.3 is 0 Å². The first-order chi connectivity index (χ1) is 13.5. The number of methoxy groups -OCH3 is 2. The molecule has 2 aromatic carbocycles. The Morgan fingerprint density at radius 2 is 1.79 bits per heavy atom. The second-order valence-electron chi connectivity index (χ2n) is 7.08. The summed E-state index contributed by atoms with van der Waals surface area (Å²) in [6.07, 6.45) is 1.87. The number of ether oxygens (including phenoxy) is 3. The fraction of sp³-hybridized carbons (Fsp3) is 0.409. The topological polar surface area (TPSA) is 77.0 Å². The highest BCUT2D eigenvalue weighted by Gasteiger charge is 2.32. The highest BCUT2D eigenvalue weighted by Crippen LogP contribution is 2.42. The summed E-state index contributed by atoms with van der Waals surface area (Å²) in [5, 5.41) is 13.2. The molecule has 1 heterocycles. The summed E-state index contributed by atoms with van der Waals surface area (Å²) in [6.45, 7) is 1.53. The molecule has 1 amide bonds. The van der Waals surface area contributed by atoms with Crippen LogP contribution in [-0.4, -0.2) is 37.4 Å². The maximum atomic E-state index is 11.6. The van der Waals surface area contributed by atoms with Crippen LogP contribution in [0.2, 0.25) is 0 Å². The molecule has 28 heavy (non-hydrogen) atoms. The summed E-state index contributed by atoms with van der Waals surface area (Å²) in [5.74, 6) is 0.576. The smallest absolute Gasteiger partial charge is 0.217 e. The van der Waals surface area contributed by atoms with E-state index in [9.17, 15) is 9.90 Å². The zero-order valence-electron chi connectivity index (χ0n) is 16.5. The van der Waals surface area contributed by atoms with Gasteiger partial charge in [-0.1, -0.05) is 30.3 Å². The first kappa shape index (κ1) is 20.0. The highest BCUT2D eigenvalue weighted by molar-refractivity contribution is 5.73. The Bertz CT molecular complexity index is 783. The Balaban J connectivity index is 1.87. The van der Waals surface area contributed by atoms with Gasteiger partial charge in [0.25, 0.3) is 0 Å². The van der Waals surface area contributed by atoms with Gasteiger partial charge in [0.2, 0.25) is 11.7 Å². The van der Waals surface area contributed by atoms with E-state index in [0.29, 0.717) is 17.9 Å². The van der Waals surface area contributed by atoms with Gasteiger partial charge in [-0.3, -0.25) is 4.79 Å². The third-order valence-electron chi connectivity index (χ3n) is 4.99. The number of phenolic OH excluding ortho intramolecular Hbond substituents is 1. The fourth-order valence-electron chi connectivity index (χ4n) is 3.74. The SMILES string of the molecule is COc1cc([C@@H]2C[C@H](NC(C)=O)C[C@H](Cc3ccccc3)O2)cc(OC)c1O. The Hall–Kier alpha value is -2.73. The molecule has 0 saturated carbocycles. The zero-order valence-corrected chi connectivity index (χ0v) is 16.5. The van der Waals surface area contributed by atoms with Gasteiger partial charge in [-0.15, -0.1) is 0 Å². The lowest BCUT2D eigenvalue weighted by atomic mass is 9.91. The lowest BCUT2D eigenvalue weighted by molar-refractivity contribution is -0.122. The Morgan fingerprint density at radius 1 is 1.14 bits per heavy atom. The lowest BCUT2D eigenvalue weighted by Gasteiger charge is -2.36. The summed E-state index contributed by atoms with van der Waals surface area (Å²) in [4.78, 5) is 11.6. The van der Waals surface area contributed by atoms with Gasteiger partial charge in [-0.2, -0.15) is 0 Å². The van der Waals surface area contributed by atoms with E-state index < -0.39 is 0 Å². The predicted octanol–water partition coefficient (Wildman–Crippen LogP) is 3.38. The van der Waals surface area contributed by atoms with Crippen LogP contribution in [0.4, 0.5) is 0 Å². The molecule has 0 aliphatic carbocycles. The molecule has 2 N–H and O–H groups in total. The number of carbonyl (C=O) groups excluding carboxylic acids is 1. The fourth-order valence-corrected chi connectivity index (χ4v) is 3.74. The first-order valence-electron chi connectivity index (χ1n) is 9.41. The Kier molecular flexibility index (Phi) is 6.41. The predicted molar refractivity (Wildman–Crippen MR) is 106 cm³/mol. The van der Waals surface area contributed by atoms with Crippen molar-refractivity contribution in [1.82, 2.24) is 5.32 Å². The molecule has 1 fully saturated rings. The van der Waals surface area contributed by atoms with E-state index in [2.05, 4.69) is 17.4 Å². The molecular weight excluding hydrogens is 358 g/mol. The molecule has 2 aromatic rings. The number of amides is 1. The van der Waals surface area contributed by atoms with Crippen LogP contribution in [0.5, 0.6) is 17.2 Å². The van der Waals surface area contributed by atoms with Gasteiger partial charge in [0.05, 0.1) is 26.4 Å². The lowest BCUT2D eigenvalue weighted by Crippen LogP contribution is -2.42. The molecule has 0 spiro atoms. The van der Waals surface area contributed by atoms with Crippen molar-refractivity contribution in [2.75, 3.05) is 14.2 Å². The molecule has 6 nitrogen and oxygen atoms in total.